The molecule has 0 spiro atoms. The van der Waals surface area contributed by atoms with Crippen LogP contribution in [0.15, 0.2) is 24.3 Å². The van der Waals surface area contributed by atoms with Crippen LogP contribution in [0.25, 0.3) is 0 Å². The monoisotopic (exact) mass is 402 g/mol. The Morgan fingerprint density at radius 2 is 1.58 bits per heavy atom. The van der Waals surface area contributed by atoms with Crippen LogP contribution in [0.1, 0.15) is 28.8 Å². The third kappa shape index (κ3) is 6.43. The van der Waals surface area contributed by atoms with Crippen LogP contribution in [0.4, 0.5) is 0 Å². The molecule has 8 heteroatoms. The zero-order valence-corrected chi connectivity index (χ0v) is 16.5. The largest absolute Gasteiger partial charge is 0.351 e. The van der Waals surface area contributed by atoms with E-state index in [9.17, 15) is 9.59 Å². The Morgan fingerprint density at radius 1 is 0.962 bits per heavy atom. The predicted octanol–water partition coefficient (Wildman–Crippen LogP) is 1.29. The van der Waals surface area contributed by atoms with E-state index in [2.05, 4.69) is 15.5 Å². The van der Waals surface area contributed by atoms with Gasteiger partial charge in [-0.2, -0.15) is 0 Å². The van der Waals surface area contributed by atoms with Crippen molar-refractivity contribution in [2.24, 2.45) is 0 Å². The second-order valence-corrected chi connectivity index (χ2v) is 6.50. The van der Waals surface area contributed by atoms with E-state index in [0.717, 1.165) is 63.2 Å². The summed E-state index contributed by atoms with van der Waals surface area (Å²) < 4.78 is 0. The summed E-state index contributed by atoms with van der Waals surface area (Å²) in [6, 6.07) is 7.57. The first kappa shape index (κ1) is 22.7. The highest BCUT2D eigenvalue weighted by Gasteiger charge is 2.19. The lowest BCUT2D eigenvalue weighted by molar-refractivity contribution is -0.122. The quantitative estimate of drug-likeness (QED) is 0.778. The zero-order chi connectivity index (χ0) is 16.8. The molecule has 3 rings (SSSR count). The summed E-state index contributed by atoms with van der Waals surface area (Å²) in [5, 5.41) is 6.23. The molecule has 0 radical (unpaired) electrons. The Morgan fingerprint density at radius 3 is 2.19 bits per heavy atom. The summed E-state index contributed by atoms with van der Waals surface area (Å²) in [5.74, 6) is 0.163. The molecule has 2 saturated heterocycles. The first-order valence-electron chi connectivity index (χ1n) is 8.80. The van der Waals surface area contributed by atoms with Gasteiger partial charge in [-0.3, -0.25) is 14.5 Å². The number of nitrogens with one attached hydrogen (secondary N) is 2. The van der Waals surface area contributed by atoms with Crippen LogP contribution in [-0.2, 0) is 11.3 Å². The molecule has 0 atom stereocenters. The molecule has 0 bridgehead atoms. The number of amides is 2. The van der Waals surface area contributed by atoms with E-state index in [1.165, 1.54) is 0 Å². The highest BCUT2D eigenvalue weighted by atomic mass is 35.5. The van der Waals surface area contributed by atoms with Gasteiger partial charge in [-0.15, -0.1) is 24.8 Å². The lowest BCUT2D eigenvalue weighted by Crippen LogP contribution is -2.47. The summed E-state index contributed by atoms with van der Waals surface area (Å²) in [6.07, 6.45) is 2.20. The Bertz CT molecular complexity index is 571. The Balaban J connectivity index is 0.00000169. The fourth-order valence-corrected chi connectivity index (χ4v) is 3.20. The molecule has 26 heavy (non-hydrogen) atoms. The van der Waals surface area contributed by atoms with E-state index >= 15 is 0 Å². The van der Waals surface area contributed by atoms with E-state index in [-0.39, 0.29) is 36.6 Å². The lowest BCUT2D eigenvalue weighted by Gasteiger charge is -2.26. The van der Waals surface area contributed by atoms with Gasteiger partial charge in [-0.25, -0.2) is 0 Å². The number of hydrogen-bond acceptors (Lipinski definition) is 4. The van der Waals surface area contributed by atoms with Gasteiger partial charge < -0.3 is 15.5 Å². The molecule has 2 aliphatic rings. The van der Waals surface area contributed by atoms with Crippen molar-refractivity contribution >= 4 is 36.6 Å². The van der Waals surface area contributed by atoms with Crippen molar-refractivity contribution in [3.8, 4) is 0 Å². The van der Waals surface area contributed by atoms with E-state index in [0.29, 0.717) is 13.1 Å². The van der Waals surface area contributed by atoms with Gasteiger partial charge in [0, 0.05) is 51.4 Å². The van der Waals surface area contributed by atoms with Gasteiger partial charge in [0.25, 0.3) is 5.91 Å². The number of nitrogens with zero attached hydrogens (tertiary/aromatic N) is 2. The molecule has 0 aromatic heterocycles. The molecule has 2 amide bonds. The molecule has 0 saturated carbocycles. The summed E-state index contributed by atoms with van der Waals surface area (Å²) in [4.78, 5) is 28.4. The average molecular weight is 403 g/mol. The normalized spacial score (nSPS) is 17.2. The first-order valence-corrected chi connectivity index (χ1v) is 8.80. The van der Waals surface area contributed by atoms with Gasteiger partial charge in [0.1, 0.15) is 0 Å². The minimum atomic E-state index is 0. The summed E-state index contributed by atoms with van der Waals surface area (Å²) in [6.45, 7) is 6.41. The van der Waals surface area contributed by atoms with Gasteiger partial charge in [0.2, 0.25) is 5.91 Å². The molecule has 2 fully saturated rings. The van der Waals surface area contributed by atoms with Crippen molar-refractivity contribution in [1.29, 1.82) is 0 Å². The van der Waals surface area contributed by atoms with Crippen molar-refractivity contribution in [1.82, 2.24) is 20.4 Å². The van der Waals surface area contributed by atoms with Gasteiger partial charge in [-0.05, 0) is 30.5 Å². The average Bonchev–Trinajstić information content (AvgIpc) is 3.15. The van der Waals surface area contributed by atoms with Crippen LogP contribution < -0.4 is 10.6 Å². The highest BCUT2D eigenvalue weighted by molar-refractivity contribution is 5.94. The molecular formula is C18H28Cl2N4O2. The van der Waals surface area contributed by atoms with Crippen LogP contribution in [0.5, 0.6) is 0 Å². The molecule has 2 heterocycles. The van der Waals surface area contributed by atoms with Gasteiger partial charge in [-0.1, -0.05) is 12.1 Å². The summed E-state index contributed by atoms with van der Waals surface area (Å²) in [7, 11) is 0. The molecule has 1 aromatic rings. The first-order chi connectivity index (χ1) is 11.7. The van der Waals surface area contributed by atoms with Crippen LogP contribution in [-0.4, -0.2) is 67.4 Å². The standard InChI is InChI=1S/C18H26N4O2.2ClH/c23-17(14-21-11-7-19-8-12-21)20-13-15-3-5-16(6-4-15)18(24)22-9-1-2-10-22;;/h3-6,19H,1-2,7-14H2,(H,20,23);2*1H. The predicted molar refractivity (Wildman–Crippen MR) is 107 cm³/mol. The molecule has 146 valence electrons. The molecule has 0 aliphatic carbocycles. The minimum absolute atomic E-state index is 0. The summed E-state index contributed by atoms with van der Waals surface area (Å²) >= 11 is 0. The number of carbonyl (C=O) groups is 2. The third-order valence-corrected chi connectivity index (χ3v) is 4.66. The van der Waals surface area contributed by atoms with Crippen LogP contribution in [0.3, 0.4) is 0 Å². The highest BCUT2D eigenvalue weighted by Crippen LogP contribution is 2.13. The molecule has 2 aliphatic heterocycles. The second-order valence-electron chi connectivity index (χ2n) is 6.50. The van der Waals surface area contributed by atoms with Crippen molar-refractivity contribution in [2.45, 2.75) is 19.4 Å². The second kappa shape index (κ2) is 11.4. The lowest BCUT2D eigenvalue weighted by atomic mass is 10.1. The molecule has 1 aromatic carbocycles. The van der Waals surface area contributed by atoms with E-state index in [1.54, 1.807) is 0 Å². The number of halogens is 2. The smallest absolute Gasteiger partial charge is 0.253 e. The number of rotatable bonds is 5. The van der Waals surface area contributed by atoms with Crippen molar-refractivity contribution < 1.29 is 9.59 Å². The molecule has 2 N–H and O–H groups in total. The molecular weight excluding hydrogens is 375 g/mol. The maximum Gasteiger partial charge on any atom is 0.253 e. The van der Waals surface area contributed by atoms with E-state index < -0.39 is 0 Å². The Labute approximate surface area is 167 Å². The number of benzene rings is 1. The van der Waals surface area contributed by atoms with Crippen molar-refractivity contribution in [2.75, 3.05) is 45.8 Å². The fraction of sp³-hybridized carbons (Fsp3) is 0.556. The number of carbonyl (C=O) groups excluding carboxylic acids is 2. The topological polar surface area (TPSA) is 64.7 Å². The number of piperazine rings is 1. The number of hydrogen-bond donors (Lipinski definition) is 2. The maximum atomic E-state index is 12.3. The Hall–Kier alpha value is -1.34. The van der Waals surface area contributed by atoms with Crippen LogP contribution >= 0.6 is 24.8 Å². The van der Waals surface area contributed by atoms with Gasteiger partial charge in [0.15, 0.2) is 0 Å². The third-order valence-electron chi connectivity index (χ3n) is 4.66. The zero-order valence-electron chi connectivity index (χ0n) is 14.9. The van der Waals surface area contributed by atoms with E-state index in [4.69, 9.17) is 0 Å². The van der Waals surface area contributed by atoms with Crippen LogP contribution in [0, 0.1) is 0 Å². The minimum Gasteiger partial charge on any atom is -0.351 e. The van der Waals surface area contributed by atoms with Gasteiger partial charge in [0.05, 0.1) is 6.54 Å². The van der Waals surface area contributed by atoms with Crippen LogP contribution in [0.2, 0.25) is 0 Å². The molecule has 6 nitrogen and oxygen atoms in total. The van der Waals surface area contributed by atoms with E-state index in [1.807, 2.05) is 29.2 Å². The maximum absolute atomic E-state index is 12.3. The SMILES string of the molecule is Cl.Cl.O=C(CN1CCNCC1)NCc1ccc(C(=O)N2CCCC2)cc1. The Kier molecular flexibility index (Phi) is 9.94. The molecule has 0 unspecified atom stereocenters. The van der Waals surface area contributed by atoms with Crippen molar-refractivity contribution in [3.05, 3.63) is 35.4 Å². The van der Waals surface area contributed by atoms with Gasteiger partial charge >= 0.3 is 0 Å². The number of likely N-dealkylation sites (tertiary alicyclic amines) is 1. The fourth-order valence-electron chi connectivity index (χ4n) is 3.20. The summed E-state index contributed by atoms with van der Waals surface area (Å²) in [5.41, 5.74) is 1.74. The van der Waals surface area contributed by atoms with Crippen molar-refractivity contribution in [3.63, 3.8) is 0 Å².